The third-order valence-corrected chi connectivity index (χ3v) is 7.96. The smallest absolute Gasteiger partial charge is 0.243 e. The number of amides is 1. The summed E-state index contributed by atoms with van der Waals surface area (Å²) in [6, 6.07) is 14.9. The van der Waals surface area contributed by atoms with E-state index in [4.69, 9.17) is 4.74 Å². The predicted octanol–water partition coefficient (Wildman–Crippen LogP) is 4.71. The Bertz CT molecular complexity index is 1020. The van der Waals surface area contributed by atoms with Gasteiger partial charge < -0.3 is 10.1 Å². The fourth-order valence-electron chi connectivity index (χ4n) is 4.31. The minimum atomic E-state index is -3.54. The Morgan fingerprint density at radius 3 is 2.39 bits per heavy atom. The van der Waals surface area contributed by atoms with E-state index in [9.17, 15) is 13.2 Å². The number of benzene rings is 2. The first-order chi connectivity index (χ1) is 15.8. The molecule has 1 heterocycles. The van der Waals surface area contributed by atoms with Crippen LogP contribution in [0.3, 0.4) is 0 Å². The lowest BCUT2D eigenvalue weighted by atomic mass is 9.96. The number of nitrogens with zero attached hydrogens (tertiary/aromatic N) is 1. The van der Waals surface area contributed by atoms with Gasteiger partial charge in [-0.05, 0) is 60.9 Å². The highest BCUT2D eigenvalue weighted by molar-refractivity contribution is 7.89. The van der Waals surface area contributed by atoms with E-state index in [-0.39, 0.29) is 23.3 Å². The van der Waals surface area contributed by atoms with Gasteiger partial charge in [0.2, 0.25) is 15.9 Å². The minimum Gasteiger partial charge on any atom is -0.496 e. The van der Waals surface area contributed by atoms with Crippen molar-refractivity contribution in [1.29, 1.82) is 0 Å². The van der Waals surface area contributed by atoms with E-state index >= 15 is 0 Å². The van der Waals surface area contributed by atoms with Crippen molar-refractivity contribution >= 4 is 15.9 Å². The number of rotatable bonds is 10. The van der Waals surface area contributed by atoms with Crippen molar-refractivity contribution in [1.82, 2.24) is 9.62 Å². The van der Waals surface area contributed by atoms with Crippen LogP contribution in [0, 0.1) is 5.92 Å². The van der Waals surface area contributed by atoms with Crippen molar-refractivity contribution in [3.63, 3.8) is 0 Å². The van der Waals surface area contributed by atoms with Crippen LogP contribution < -0.4 is 10.1 Å². The average molecular weight is 473 g/mol. The lowest BCUT2D eigenvalue weighted by Crippen LogP contribution is -2.35. The van der Waals surface area contributed by atoms with Gasteiger partial charge in [-0.15, -0.1) is 0 Å². The molecule has 1 aliphatic heterocycles. The van der Waals surface area contributed by atoms with Gasteiger partial charge in [0.05, 0.1) is 18.0 Å². The molecule has 0 saturated carbocycles. The molecule has 1 atom stereocenters. The van der Waals surface area contributed by atoms with Gasteiger partial charge in [0.15, 0.2) is 0 Å². The number of hydrogen-bond acceptors (Lipinski definition) is 4. The Kier molecular flexibility index (Phi) is 8.92. The lowest BCUT2D eigenvalue weighted by molar-refractivity contribution is -0.121. The Labute approximate surface area is 198 Å². The van der Waals surface area contributed by atoms with E-state index in [1.165, 1.54) is 0 Å². The molecule has 0 aromatic heterocycles. The molecule has 1 amide bonds. The quantitative estimate of drug-likeness (QED) is 0.544. The van der Waals surface area contributed by atoms with Gasteiger partial charge in [-0.1, -0.05) is 50.6 Å². The number of ether oxygens (including phenoxy) is 1. The van der Waals surface area contributed by atoms with Crippen LogP contribution in [0.1, 0.15) is 63.1 Å². The number of sulfonamides is 1. The number of aryl methyl sites for hydroxylation is 1. The molecule has 1 N–H and O–H groups in total. The molecule has 1 aliphatic rings. The minimum absolute atomic E-state index is 0.0496. The zero-order valence-electron chi connectivity index (χ0n) is 19.9. The van der Waals surface area contributed by atoms with Crippen LogP contribution in [0.4, 0.5) is 0 Å². The van der Waals surface area contributed by atoms with E-state index in [0.29, 0.717) is 31.2 Å². The van der Waals surface area contributed by atoms with Gasteiger partial charge >= 0.3 is 0 Å². The molecule has 180 valence electrons. The van der Waals surface area contributed by atoms with E-state index in [0.717, 1.165) is 36.8 Å². The average Bonchev–Trinajstić information content (AvgIpc) is 2.83. The molecule has 0 radical (unpaired) electrons. The number of carbonyl (C=O) groups is 1. The molecule has 7 heteroatoms. The molecule has 1 fully saturated rings. The largest absolute Gasteiger partial charge is 0.496 e. The van der Waals surface area contributed by atoms with Gasteiger partial charge in [-0.25, -0.2) is 8.42 Å². The molecule has 0 aliphatic carbocycles. The van der Waals surface area contributed by atoms with Crippen LogP contribution in [0.2, 0.25) is 0 Å². The molecule has 3 rings (SSSR count). The first kappa shape index (κ1) is 25.2. The number of carbonyl (C=O) groups excluding carboxylic acids is 1. The fraction of sp³-hybridized carbons (Fsp3) is 0.500. The second-order valence-corrected chi connectivity index (χ2v) is 11.0. The summed E-state index contributed by atoms with van der Waals surface area (Å²) < 4.78 is 33.2. The summed E-state index contributed by atoms with van der Waals surface area (Å²) in [5, 5.41) is 3.16. The van der Waals surface area contributed by atoms with Crippen molar-refractivity contribution < 1.29 is 17.9 Å². The topological polar surface area (TPSA) is 75.7 Å². The van der Waals surface area contributed by atoms with Gasteiger partial charge in [0, 0.05) is 19.5 Å². The number of methoxy groups -OCH3 is 1. The number of hydrogen-bond donors (Lipinski definition) is 1. The highest BCUT2D eigenvalue weighted by Crippen LogP contribution is 2.27. The maximum atomic E-state index is 13.1. The third-order valence-electron chi connectivity index (χ3n) is 6.07. The summed E-state index contributed by atoms with van der Waals surface area (Å²) in [5.74, 6) is 0.977. The summed E-state index contributed by atoms with van der Waals surface area (Å²) >= 11 is 0. The van der Waals surface area contributed by atoms with Crippen LogP contribution in [0.5, 0.6) is 5.75 Å². The Morgan fingerprint density at radius 2 is 1.76 bits per heavy atom. The van der Waals surface area contributed by atoms with E-state index < -0.39 is 10.0 Å². The second kappa shape index (κ2) is 11.7. The molecule has 0 spiro atoms. The first-order valence-electron chi connectivity index (χ1n) is 11.8. The standard InChI is InChI=1S/C26H36N2O4S/c1-20(2)18-24(21-10-6-4-7-11-21)27-26(29)15-12-22-19-23(13-14-25(22)32-3)33(30,31)28-16-8-5-9-17-28/h4,6-7,10-11,13-14,19-20,24H,5,8-9,12,15-18H2,1-3H3,(H,27,29). The van der Waals surface area contributed by atoms with Crippen LogP contribution in [-0.4, -0.2) is 38.8 Å². The van der Waals surface area contributed by atoms with Crippen LogP contribution in [0.25, 0.3) is 0 Å². The third kappa shape index (κ3) is 6.81. The SMILES string of the molecule is COc1ccc(S(=O)(=O)N2CCCCC2)cc1CCC(=O)NC(CC(C)C)c1ccccc1. The summed E-state index contributed by atoms with van der Waals surface area (Å²) in [7, 11) is -1.98. The van der Waals surface area contributed by atoms with Crippen molar-refractivity contribution in [2.24, 2.45) is 5.92 Å². The van der Waals surface area contributed by atoms with Crippen molar-refractivity contribution in [2.75, 3.05) is 20.2 Å². The maximum Gasteiger partial charge on any atom is 0.243 e. The van der Waals surface area contributed by atoms with E-state index in [1.54, 1.807) is 29.6 Å². The monoisotopic (exact) mass is 472 g/mol. The lowest BCUT2D eigenvalue weighted by Gasteiger charge is -2.26. The van der Waals surface area contributed by atoms with Crippen LogP contribution >= 0.6 is 0 Å². The first-order valence-corrected chi connectivity index (χ1v) is 13.3. The molecular weight excluding hydrogens is 436 g/mol. The molecule has 6 nitrogen and oxygen atoms in total. The summed E-state index contributed by atoms with van der Waals surface area (Å²) in [6.45, 7) is 5.40. The summed E-state index contributed by atoms with van der Waals surface area (Å²) in [5.41, 5.74) is 1.82. The zero-order valence-corrected chi connectivity index (χ0v) is 20.7. The van der Waals surface area contributed by atoms with Gasteiger partial charge in [-0.2, -0.15) is 4.31 Å². The van der Waals surface area contributed by atoms with E-state index in [2.05, 4.69) is 19.2 Å². The Hall–Kier alpha value is -2.38. The van der Waals surface area contributed by atoms with Crippen molar-refractivity contribution in [3.05, 3.63) is 59.7 Å². The van der Waals surface area contributed by atoms with Crippen LogP contribution in [-0.2, 0) is 21.2 Å². The van der Waals surface area contributed by atoms with Crippen molar-refractivity contribution in [2.45, 2.75) is 63.3 Å². The van der Waals surface area contributed by atoms with Crippen LogP contribution in [0.15, 0.2) is 53.4 Å². The zero-order chi connectivity index (χ0) is 23.8. The second-order valence-electron chi connectivity index (χ2n) is 9.10. The number of piperidine rings is 1. The highest BCUT2D eigenvalue weighted by Gasteiger charge is 2.27. The van der Waals surface area contributed by atoms with Crippen molar-refractivity contribution in [3.8, 4) is 5.75 Å². The number of nitrogens with one attached hydrogen (secondary N) is 1. The molecule has 33 heavy (non-hydrogen) atoms. The molecule has 2 aromatic carbocycles. The molecule has 2 aromatic rings. The normalized spacial score (nSPS) is 15.9. The van der Waals surface area contributed by atoms with Gasteiger partial charge in [-0.3, -0.25) is 4.79 Å². The highest BCUT2D eigenvalue weighted by atomic mass is 32.2. The van der Waals surface area contributed by atoms with E-state index in [1.807, 2.05) is 30.3 Å². The summed E-state index contributed by atoms with van der Waals surface area (Å²) in [6.07, 6.45) is 4.35. The molecule has 1 unspecified atom stereocenters. The Morgan fingerprint density at radius 1 is 1.06 bits per heavy atom. The predicted molar refractivity (Wildman–Crippen MR) is 131 cm³/mol. The Balaban J connectivity index is 1.71. The molecule has 1 saturated heterocycles. The fourth-order valence-corrected chi connectivity index (χ4v) is 5.88. The van der Waals surface area contributed by atoms with Gasteiger partial charge in [0.25, 0.3) is 0 Å². The van der Waals surface area contributed by atoms with Gasteiger partial charge in [0.1, 0.15) is 5.75 Å². The summed E-state index contributed by atoms with van der Waals surface area (Å²) in [4.78, 5) is 13.1. The molecular formula is C26H36N2O4S. The molecule has 0 bridgehead atoms. The maximum absolute atomic E-state index is 13.1.